The van der Waals surface area contributed by atoms with Gasteiger partial charge in [0.2, 0.25) is 5.91 Å². The Morgan fingerprint density at radius 3 is 2.43 bits per heavy atom. The highest BCUT2D eigenvalue weighted by molar-refractivity contribution is 5.86. The Bertz CT molecular complexity index is 607. The van der Waals surface area contributed by atoms with Gasteiger partial charge in [0.05, 0.1) is 0 Å². The minimum Gasteiger partial charge on any atom is -0.480 e. The molecule has 6 nitrogen and oxygen atoms in total. The van der Waals surface area contributed by atoms with Gasteiger partial charge in [-0.2, -0.15) is 0 Å². The Labute approximate surface area is 136 Å². The van der Waals surface area contributed by atoms with E-state index in [1.165, 1.54) is 10.6 Å². The van der Waals surface area contributed by atoms with Crippen molar-refractivity contribution in [3.05, 3.63) is 34.2 Å². The number of aryl methyl sites for hydroxylation is 1. The molecule has 23 heavy (non-hydrogen) atoms. The highest BCUT2D eigenvalue weighted by Crippen LogP contribution is 2.16. The number of hydrogen-bond donors (Lipinski definition) is 2. The summed E-state index contributed by atoms with van der Waals surface area (Å²) in [4.78, 5) is 36.1. The molecule has 6 heteroatoms. The van der Waals surface area contributed by atoms with Crippen LogP contribution in [0, 0.1) is 12.8 Å². The Morgan fingerprint density at radius 1 is 1.30 bits per heavy atom. The molecule has 1 rings (SSSR count). The Hall–Kier alpha value is -2.11. The maximum Gasteiger partial charge on any atom is 0.326 e. The van der Waals surface area contributed by atoms with Crippen LogP contribution in [0.4, 0.5) is 0 Å². The maximum atomic E-state index is 12.6. The van der Waals surface area contributed by atoms with Crippen molar-refractivity contribution in [3.8, 4) is 0 Å². The van der Waals surface area contributed by atoms with Crippen molar-refractivity contribution in [3.63, 3.8) is 0 Å². The molecule has 2 atom stereocenters. The molecule has 0 aliphatic rings. The van der Waals surface area contributed by atoms with Crippen LogP contribution in [-0.4, -0.2) is 27.6 Å². The fraction of sp³-hybridized carbons (Fsp3) is 0.588. The van der Waals surface area contributed by atoms with Gasteiger partial charge in [0.25, 0.3) is 5.56 Å². The second-order valence-corrected chi connectivity index (χ2v) is 6.21. The lowest BCUT2D eigenvalue weighted by Crippen LogP contribution is -2.46. The van der Waals surface area contributed by atoms with E-state index in [1.807, 2.05) is 20.8 Å². The number of carboxylic acid groups (broad SMARTS) is 1. The molecule has 0 saturated carbocycles. The van der Waals surface area contributed by atoms with Gasteiger partial charge in [0.1, 0.15) is 12.1 Å². The van der Waals surface area contributed by atoms with E-state index in [-0.39, 0.29) is 11.5 Å². The van der Waals surface area contributed by atoms with Crippen molar-refractivity contribution in [1.82, 2.24) is 9.88 Å². The van der Waals surface area contributed by atoms with Crippen LogP contribution in [0.15, 0.2) is 23.0 Å². The zero-order valence-corrected chi connectivity index (χ0v) is 14.2. The number of hydrogen-bond acceptors (Lipinski definition) is 3. The molecule has 0 bridgehead atoms. The monoisotopic (exact) mass is 322 g/mol. The summed E-state index contributed by atoms with van der Waals surface area (Å²) in [5.41, 5.74) is 0.427. The highest BCUT2D eigenvalue weighted by atomic mass is 16.4. The molecule has 0 aliphatic heterocycles. The van der Waals surface area contributed by atoms with Crippen molar-refractivity contribution in [1.29, 1.82) is 0 Å². The third kappa shape index (κ3) is 5.23. The summed E-state index contributed by atoms with van der Waals surface area (Å²) >= 11 is 0. The molecule has 0 fully saturated rings. The summed E-state index contributed by atoms with van der Waals surface area (Å²) in [6, 6.07) is 3.18. The highest BCUT2D eigenvalue weighted by Gasteiger charge is 2.27. The molecule has 0 saturated heterocycles. The van der Waals surface area contributed by atoms with Gasteiger partial charge in [0.15, 0.2) is 0 Å². The first-order chi connectivity index (χ1) is 10.8. The van der Waals surface area contributed by atoms with Crippen molar-refractivity contribution < 1.29 is 14.7 Å². The Morgan fingerprint density at radius 2 is 1.96 bits per heavy atom. The summed E-state index contributed by atoms with van der Waals surface area (Å²) in [5, 5.41) is 11.9. The van der Waals surface area contributed by atoms with Gasteiger partial charge in [-0.05, 0) is 31.7 Å². The average Bonchev–Trinajstić information content (AvgIpc) is 2.44. The average molecular weight is 322 g/mol. The predicted molar refractivity (Wildman–Crippen MR) is 88.4 cm³/mol. The number of aromatic nitrogens is 1. The molecular weight excluding hydrogens is 296 g/mol. The number of carbonyl (C=O) groups excluding carboxylic acids is 1. The molecule has 2 N–H and O–H groups in total. The summed E-state index contributed by atoms with van der Waals surface area (Å²) in [6.07, 6.45) is 1.54. The SMILES string of the molecule is CCCC(C(=O)NC(CC(C)C)C(=O)O)n1c(C)cccc1=O. The van der Waals surface area contributed by atoms with Gasteiger partial charge in [-0.3, -0.25) is 9.59 Å². The molecule has 0 radical (unpaired) electrons. The maximum absolute atomic E-state index is 12.6. The summed E-state index contributed by atoms with van der Waals surface area (Å²) < 4.78 is 1.44. The van der Waals surface area contributed by atoms with Crippen LogP contribution < -0.4 is 10.9 Å². The largest absolute Gasteiger partial charge is 0.480 e. The molecule has 1 aromatic rings. The molecule has 1 aromatic heterocycles. The standard InChI is InChI=1S/C17H26N2O4/c1-5-7-14(19-12(4)8-6-9-15(19)20)16(21)18-13(17(22)23)10-11(2)3/h6,8-9,11,13-14H,5,7,10H2,1-4H3,(H,18,21)(H,22,23). The number of carbonyl (C=O) groups is 2. The lowest BCUT2D eigenvalue weighted by atomic mass is 10.0. The summed E-state index contributed by atoms with van der Waals surface area (Å²) in [7, 11) is 0. The van der Waals surface area contributed by atoms with Gasteiger partial charge in [-0.15, -0.1) is 0 Å². The van der Waals surface area contributed by atoms with Gasteiger partial charge in [0, 0.05) is 11.8 Å². The molecule has 0 aliphatic carbocycles. The first kappa shape index (κ1) is 18.9. The lowest BCUT2D eigenvalue weighted by molar-refractivity contribution is -0.142. The van der Waals surface area contributed by atoms with Crippen molar-refractivity contribution >= 4 is 11.9 Å². The predicted octanol–water partition coefficient (Wildman–Crippen LogP) is 2.11. The molecule has 128 valence electrons. The van der Waals surface area contributed by atoms with Gasteiger partial charge in [-0.1, -0.05) is 33.3 Å². The quantitative estimate of drug-likeness (QED) is 0.767. The van der Waals surface area contributed by atoms with E-state index in [2.05, 4.69) is 5.32 Å². The number of amides is 1. The van der Waals surface area contributed by atoms with E-state index < -0.39 is 24.0 Å². The minimum absolute atomic E-state index is 0.141. The van der Waals surface area contributed by atoms with Crippen molar-refractivity contribution in [2.24, 2.45) is 5.92 Å². The van der Waals surface area contributed by atoms with Gasteiger partial charge >= 0.3 is 5.97 Å². The second-order valence-electron chi connectivity index (χ2n) is 6.21. The number of pyridine rings is 1. The third-order valence-electron chi connectivity index (χ3n) is 3.69. The number of carboxylic acids is 1. The van der Waals surface area contributed by atoms with E-state index in [9.17, 15) is 19.5 Å². The zero-order valence-electron chi connectivity index (χ0n) is 14.2. The third-order valence-corrected chi connectivity index (χ3v) is 3.69. The van der Waals surface area contributed by atoms with E-state index in [0.29, 0.717) is 25.0 Å². The van der Waals surface area contributed by atoms with Crippen LogP contribution in [-0.2, 0) is 9.59 Å². The topological polar surface area (TPSA) is 88.4 Å². The van der Waals surface area contributed by atoms with Crippen LogP contribution in [0.2, 0.25) is 0 Å². The number of nitrogens with one attached hydrogen (secondary N) is 1. The smallest absolute Gasteiger partial charge is 0.326 e. The number of aliphatic carboxylic acids is 1. The summed E-state index contributed by atoms with van der Waals surface area (Å²) in [5.74, 6) is -1.34. The van der Waals surface area contributed by atoms with Crippen LogP contribution in [0.5, 0.6) is 0 Å². The van der Waals surface area contributed by atoms with Gasteiger partial charge in [-0.25, -0.2) is 4.79 Å². The van der Waals surface area contributed by atoms with Gasteiger partial charge < -0.3 is 15.0 Å². The van der Waals surface area contributed by atoms with E-state index in [0.717, 1.165) is 0 Å². The van der Waals surface area contributed by atoms with E-state index >= 15 is 0 Å². The fourth-order valence-electron chi connectivity index (χ4n) is 2.62. The first-order valence-corrected chi connectivity index (χ1v) is 7.99. The second kappa shape index (κ2) is 8.50. The van der Waals surface area contributed by atoms with E-state index in [1.54, 1.807) is 19.1 Å². The van der Waals surface area contributed by atoms with Crippen LogP contribution in [0.3, 0.4) is 0 Å². The van der Waals surface area contributed by atoms with E-state index in [4.69, 9.17) is 0 Å². The normalized spacial score (nSPS) is 13.6. The summed E-state index contributed by atoms with van der Waals surface area (Å²) in [6.45, 7) is 7.49. The van der Waals surface area contributed by atoms with Crippen molar-refractivity contribution in [2.75, 3.05) is 0 Å². The number of nitrogens with zero attached hydrogens (tertiary/aromatic N) is 1. The van der Waals surface area contributed by atoms with Crippen LogP contribution in [0.25, 0.3) is 0 Å². The zero-order chi connectivity index (χ0) is 17.6. The van der Waals surface area contributed by atoms with Crippen molar-refractivity contribution in [2.45, 2.75) is 59.0 Å². The molecule has 0 aromatic carbocycles. The molecule has 0 spiro atoms. The first-order valence-electron chi connectivity index (χ1n) is 7.99. The minimum atomic E-state index is -1.06. The lowest BCUT2D eigenvalue weighted by Gasteiger charge is -2.24. The molecular formula is C17H26N2O4. The van der Waals surface area contributed by atoms with Crippen LogP contribution >= 0.6 is 0 Å². The molecule has 1 heterocycles. The fourth-order valence-corrected chi connectivity index (χ4v) is 2.62. The Kier molecular flexibility index (Phi) is 7.00. The Balaban J connectivity index is 3.07. The molecule has 1 amide bonds. The van der Waals surface area contributed by atoms with Crippen LogP contribution in [0.1, 0.15) is 51.8 Å². The number of rotatable bonds is 8. The molecule has 2 unspecified atom stereocenters.